The fourth-order valence-electron chi connectivity index (χ4n) is 7.50. The Labute approximate surface area is 304 Å². The Bertz CT molecular complexity index is 2850. The van der Waals surface area contributed by atoms with Crippen molar-refractivity contribution in [2.75, 3.05) is 4.90 Å². The number of anilines is 3. The van der Waals surface area contributed by atoms with E-state index in [1.165, 1.54) is 79.4 Å². The van der Waals surface area contributed by atoms with Crippen LogP contribution in [0, 0.1) is 0 Å². The van der Waals surface area contributed by atoms with Gasteiger partial charge in [0.15, 0.2) is 0 Å². The molecule has 0 atom stereocenters. The van der Waals surface area contributed by atoms with Gasteiger partial charge in [0.2, 0.25) is 0 Å². The first kappa shape index (κ1) is 29.9. The third-order valence-corrected chi connectivity index (χ3v) is 12.3. The van der Waals surface area contributed by atoms with E-state index in [0.29, 0.717) is 0 Å². The molecule has 0 fully saturated rings. The molecule has 0 amide bonds. The third-order valence-electron chi connectivity index (χ3n) is 9.88. The summed E-state index contributed by atoms with van der Waals surface area (Å²) in [7, 11) is 0. The van der Waals surface area contributed by atoms with Crippen molar-refractivity contribution in [1.82, 2.24) is 0 Å². The Morgan fingerprint density at radius 2 is 0.922 bits per heavy atom. The van der Waals surface area contributed by atoms with E-state index in [1.54, 1.807) is 0 Å². The van der Waals surface area contributed by atoms with Crippen LogP contribution in [0.15, 0.2) is 188 Å². The molecular formula is C48H31NS2. The summed E-state index contributed by atoms with van der Waals surface area (Å²) in [6, 6.07) is 68.5. The van der Waals surface area contributed by atoms with Crippen LogP contribution in [0.25, 0.3) is 73.7 Å². The summed E-state index contributed by atoms with van der Waals surface area (Å²) in [4.78, 5) is 2.45. The second-order valence-electron chi connectivity index (χ2n) is 12.9. The van der Waals surface area contributed by atoms with Gasteiger partial charge < -0.3 is 4.90 Å². The van der Waals surface area contributed by atoms with E-state index < -0.39 is 0 Å². The Hall–Kier alpha value is -6.00. The molecule has 0 unspecified atom stereocenters. The summed E-state index contributed by atoms with van der Waals surface area (Å²) in [5.41, 5.74) is 10.8. The van der Waals surface area contributed by atoms with Crippen LogP contribution in [0.3, 0.4) is 0 Å². The molecule has 2 aromatic heterocycles. The maximum absolute atomic E-state index is 2.45. The van der Waals surface area contributed by atoms with Gasteiger partial charge >= 0.3 is 0 Å². The normalized spacial score (nSPS) is 11.5. The number of thiophene rings is 2. The monoisotopic (exact) mass is 685 g/mol. The summed E-state index contributed by atoms with van der Waals surface area (Å²) >= 11 is 3.76. The van der Waals surface area contributed by atoms with Crippen molar-refractivity contribution < 1.29 is 0 Å². The summed E-state index contributed by atoms with van der Waals surface area (Å²) in [5, 5.41) is 5.24. The molecule has 0 aliphatic rings. The number of nitrogens with zero attached hydrogens (tertiary/aromatic N) is 1. The highest BCUT2D eigenvalue weighted by molar-refractivity contribution is 7.26. The number of hydrogen-bond acceptors (Lipinski definition) is 3. The number of benzene rings is 8. The Balaban J connectivity index is 1.18. The van der Waals surface area contributed by atoms with Gasteiger partial charge in [-0.05, 0) is 75.8 Å². The summed E-state index contributed by atoms with van der Waals surface area (Å²) < 4.78 is 5.23. The van der Waals surface area contributed by atoms with Crippen molar-refractivity contribution in [3.63, 3.8) is 0 Å². The number of fused-ring (bicyclic) bond motifs is 6. The molecule has 0 saturated heterocycles. The van der Waals surface area contributed by atoms with Crippen LogP contribution >= 0.6 is 22.7 Å². The molecule has 240 valence electrons. The van der Waals surface area contributed by atoms with E-state index in [9.17, 15) is 0 Å². The van der Waals surface area contributed by atoms with Gasteiger partial charge in [-0.2, -0.15) is 0 Å². The molecule has 3 heteroatoms. The Morgan fingerprint density at radius 3 is 1.71 bits per heavy atom. The standard InChI is InChI=1S/C48H31NS2/c1-3-13-32(14-4-1)35-17-11-18-37(31-35)49(36-27-25-34(26-28-36)39-21-12-22-41-40-19-7-9-23-44(40)50-47(39)41)43-30-29-38(33-15-5-2-6-16-33)46-42-20-8-10-24-45(42)51-48(43)46/h1-31H. The maximum atomic E-state index is 2.45. The lowest BCUT2D eigenvalue weighted by atomic mass is 9.98. The molecule has 10 rings (SSSR count). The lowest BCUT2D eigenvalue weighted by Crippen LogP contribution is -2.10. The van der Waals surface area contributed by atoms with E-state index in [2.05, 4.69) is 193 Å². The zero-order valence-corrected chi connectivity index (χ0v) is 29.3. The van der Waals surface area contributed by atoms with Crippen LogP contribution < -0.4 is 4.90 Å². The zero-order chi connectivity index (χ0) is 33.7. The number of rotatable bonds is 6. The van der Waals surface area contributed by atoms with Crippen LogP contribution in [-0.4, -0.2) is 0 Å². The summed E-state index contributed by atoms with van der Waals surface area (Å²) in [6.45, 7) is 0. The van der Waals surface area contributed by atoms with Gasteiger partial charge in [0.25, 0.3) is 0 Å². The van der Waals surface area contributed by atoms with Crippen molar-refractivity contribution in [2.24, 2.45) is 0 Å². The van der Waals surface area contributed by atoms with Crippen LogP contribution in [0.2, 0.25) is 0 Å². The van der Waals surface area contributed by atoms with Crippen molar-refractivity contribution in [2.45, 2.75) is 0 Å². The second kappa shape index (κ2) is 12.4. The van der Waals surface area contributed by atoms with E-state index >= 15 is 0 Å². The van der Waals surface area contributed by atoms with E-state index in [-0.39, 0.29) is 0 Å². The molecule has 0 aliphatic carbocycles. The van der Waals surface area contributed by atoms with Crippen molar-refractivity contribution >= 4 is 80.1 Å². The second-order valence-corrected chi connectivity index (χ2v) is 15.0. The van der Waals surface area contributed by atoms with Gasteiger partial charge in [0.1, 0.15) is 0 Å². The predicted molar refractivity (Wildman–Crippen MR) is 223 cm³/mol. The fraction of sp³-hybridized carbons (Fsp3) is 0. The third kappa shape index (κ3) is 5.13. The molecule has 8 aromatic carbocycles. The molecule has 0 N–H and O–H groups in total. The topological polar surface area (TPSA) is 3.24 Å². The molecule has 51 heavy (non-hydrogen) atoms. The quantitative estimate of drug-likeness (QED) is 0.168. The van der Waals surface area contributed by atoms with Crippen LogP contribution in [0.4, 0.5) is 17.1 Å². The van der Waals surface area contributed by atoms with Gasteiger partial charge in [0.05, 0.1) is 10.4 Å². The van der Waals surface area contributed by atoms with Gasteiger partial charge in [-0.3, -0.25) is 0 Å². The zero-order valence-electron chi connectivity index (χ0n) is 27.7. The van der Waals surface area contributed by atoms with Crippen LogP contribution in [-0.2, 0) is 0 Å². The highest BCUT2D eigenvalue weighted by atomic mass is 32.1. The first-order chi connectivity index (χ1) is 25.3. The molecule has 0 spiro atoms. The lowest BCUT2D eigenvalue weighted by molar-refractivity contribution is 1.30. The molecule has 0 aliphatic heterocycles. The average Bonchev–Trinajstić information content (AvgIpc) is 3.79. The lowest BCUT2D eigenvalue weighted by Gasteiger charge is -2.27. The number of hydrogen-bond donors (Lipinski definition) is 0. The summed E-state index contributed by atoms with van der Waals surface area (Å²) in [6.07, 6.45) is 0. The van der Waals surface area contributed by atoms with Gasteiger partial charge in [0, 0.05) is 47.0 Å². The molecule has 10 aromatic rings. The first-order valence-electron chi connectivity index (χ1n) is 17.3. The molecule has 0 radical (unpaired) electrons. The van der Waals surface area contributed by atoms with Crippen molar-refractivity contribution in [3.05, 3.63) is 188 Å². The SMILES string of the molecule is c1ccc(-c2cccc(N(c3ccc(-c4cccc5c4sc4ccccc45)cc3)c3ccc(-c4ccccc4)c4c3sc3ccccc34)c2)cc1. The molecule has 2 heterocycles. The minimum Gasteiger partial charge on any atom is -0.309 e. The van der Waals surface area contributed by atoms with Crippen LogP contribution in [0.5, 0.6) is 0 Å². The van der Waals surface area contributed by atoms with Crippen molar-refractivity contribution in [1.29, 1.82) is 0 Å². The van der Waals surface area contributed by atoms with Gasteiger partial charge in [-0.15, -0.1) is 22.7 Å². The molecule has 0 bridgehead atoms. The van der Waals surface area contributed by atoms with E-state index in [0.717, 1.165) is 11.4 Å². The van der Waals surface area contributed by atoms with Gasteiger partial charge in [-0.1, -0.05) is 146 Å². The highest BCUT2D eigenvalue weighted by Crippen LogP contribution is 2.49. The minimum absolute atomic E-state index is 1.12. The Morgan fingerprint density at radius 1 is 0.333 bits per heavy atom. The predicted octanol–water partition coefficient (Wildman–Crippen LogP) is 14.9. The summed E-state index contributed by atoms with van der Waals surface area (Å²) in [5.74, 6) is 0. The average molecular weight is 686 g/mol. The van der Waals surface area contributed by atoms with Crippen LogP contribution in [0.1, 0.15) is 0 Å². The Kier molecular flexibility index (Phi) is 7.26. The molecule has 1 nitrogen and oxygen atoms in total. The van der Waals surface area contributed by atoms with E-state index in [1.807, 2.05) is 22.7 Å². The molecular weight excluding hydrogens is 655 g/mol. The smallest absolute Gasteiger partial charge is 0.0640 e. The van der Waals surface area contributed by atoms with Gasteiger partial charge in [-0.25, -0.2) is 0 Å². The largest absolute Gasteiger partial charge is 0.309 e. The first-order valence-corrected chi connectivity index (χ1v) is 18.9. The highest BCUT2D eigenvalue weighted by Gasteiger charge is 2.21. The fourth-order valence-corrected chi connectivity index (χ4v) is 9.97. The maximum Gasteiger partial charge on any atom is 0.0640 e. The van der Waals surface area contributed by atoms with E-state index in [4.69, 9.17) is 0 Å². The van der Waals surface area contributed by atoms with Crippen molar-refractivity contribution in [3.8, 4) is 33.4 Å². The minimum atomic E-state index is 1.12. The molecule has 0 saturated carbocycles.